The van der Waals surface area contributed by atoms with Crippen molar-refractivity contribution in [1.29, 1.82) is 0 Å². The number of thiazole rings is 1. The third-order valence-electron chi connectivity index (χ3n) is 4.31. The molecule has 2 heterocycles. The average Bonchev–Trinajstić information content (AvgIpc) is 3.15. The average molecular weight is 357 g/mol. The van der Waals surface area contributed by atoms with Crippen molar-refractivity contribution in [3.63, 3.8) is 0 Å². The van der Waals surface area contributed by atoms with E-state index in [1.165, 1.54) is 11.3 Å². The number of nitrogens with zero attached hydrogens (tertiary/aromatic N) is 1. The SMILES string of the molecule is Cc1nc(-c2c[nH]c(C(=O)N[C@H]3CCC[C@@H](C(F)(F)F)C3)c2)cs1. The van der Waals surface area contributed by atoms with Crippen LogP contribution in [0.2, 0.25) is 0 Å². The number of alkyl halides is 3. The summed E-state index contributed by atoms with van der Waals surface area (Å²) in [5.41, 5.74) is 1.91. The van der Waals surface area contributed by atoms with E-state index >= 15 is 0 Å². The van der Waals surface area contributed by atoms with Crippen molar-refractivity contribution < 1.29 is 18.0 Å². The van der Waals surface area contributed by atoms with Crippen molar-refractivity contribution in [1.82, 2.24) is 15.3 Å². The molecule has 0 bridgehead atoms. The minimum Gasteiger partial charge on any atom is -0.357 e. The summed E-state index contributed by atoms with van der Waals surface area (Å²) in [4.78, 5) is 19.5. The van der Waals surface area contributed by atoms with Crippen LogP contribution in [-0.2, 0) is 0 Å². The fourth-order valence-corrected chi connectivity index (χ4v) is 3.67. The van der Waals surface area contributed by atoms with Gasteiger partial charge in [-0.1, -0.05) is 6.42 Å². The normalized spacial score (nSPS) is 21.7. The van der Waals surface area contributed by atoms with Crippen LogP contribution >= 0.6 is 11.3 Å². The van der Waals surface area contributed by atoms with Crippen LogP contribution in [0.25, 0.3) is 11.3 Å². The summed E-state index contributed by atoms with van der Waals surface area (Å²) in [6.45, 7) is 1.90. The van der Waals surface area contributed by atoms with Crippen molar-refractivity contribution in [2.45, 2.75) is 44.8 Å². The third-order valence-corrected chi connectivity index (χ3v) is 5.09. The van der Waals surface area contributed by atoms with Gasteiger partial charge in [0.2, 0.25) is 0 Å². The van der Waals surface area contributed by atoms with Crippen molar-refractivity contribution in [3.8, 4) is 11.3 Å². The van der Waals surface area contributed by atoms with Crippen molar-refractivity contribution in [2.75, 3.05) is 0 Å². The fourth-order valence-electron chi connectivity index (χ4n) is 3.05. The van der Waals surface area contributed by atoms with E-state index in [4.69, 9.17) is 0 Å². The summed E-state index contributed by atoms with van der Waals surface area (Å²) in [6.07, 6.45) is -1.35. The highest BCUT2D eigenvalue weighted by molar-refractivity contribution is 7.09. The Morgan fingerprint density at radius 3 is 2.88 bits per heavy atom. The second-order valence-electron chi connectivity index (χ2n) is 6.13. The summed E-state index contributed by atoms with van der Waals surface area (Å²) in [5, 5.41) is 5.55. The van der Waals surface area contributed by atoms with Gasteiger partial charge in [-0.15, -0.1) is 11.3 Å². The van der Waals surface area contributed by atoms with Gasteiger partial charge >= 0.3 is 6.18 Å². The Balaban J connectivity index is 1.64. The molecule has 1 saturated carbocycles. The highest BCUT2D eigenvalue weighted by Gasteiger charge is 2.42. The molecule has 4 nitrogen and oxygen atoms in total. The molecule has 0 aliphatic heterocycles. The second-order valence-corrected chi connectivity index (χ2v) is 7.19. The van der Waals surface area contributed by atoms with Gasteiger partial charge in [0.05, 0.1) is 16.6 Å². The Kier molecular flexibility index (Phi) is 4.67. The molecular formula is C16H18F3N3OS. The lowest BCUT2D eigenvalue weighted by molar-refractivity contribution is -0.183. The van der Waals surface area contributed by atoms with E-state index in [-0.39, 0.29) is 18.7 Å². The first-order chi connectivity index (χ1) is 11.3. The number of nitrogens with one attached hydrogen (secondary N) is 2. The van der Waals surface area contributed by atoms with Gasteiger partial charge < -0.3 is 10.3 Å². The standard InChI is InChI=1S/C16H18F3N3OS/c1-9-21-14(8-24-9)10-5-13(20-7-10)15(23)22-12-4-2-3-11(6-12)16(17,18)19/h5,7-8,11-12,20H,2-4,6H2,1H3,(H,22,23)/t11-,12+/m1/s1. The number of hydrogen-bond acceptors (Lipinski definition) is 3. The molecule has 2 aromatic rings. The molecule has 3 rings (SSSR count). The molecule has 0 aromatic carbocycles. The van der Waals surface area contributed by atoms with Gasteiger partial charge in [-0.2, -0.15) is 13.2 Å². The maximum Gasteiger partial charge on any atom is 0.391 e. The number of amides is 1. The van der Waals surface area contributed by atoms with E-state index in [0.717, 1.165) is 16.3 Å². The number of hydrogen-bond donors (Lipinski definition) is 2. The van der Waals surface area contributed by atoms with Crippen LogP contribution in [0.3, 0.4) is 0 Å². The van der Waals surface area contributed by atoms with Gasteiger partial charge in [0.1, 0.15) is 5.69 Å². The number of carbonyl (C=O) groups is 1. The number of H-pyrrole nitrogens is 1. The summed E-state index contributed by atoms with van der Waals surface area (Å²) in [5.74, 6) is -1.70. The molecule has 1 fully saturated rings. The Morgan fingerprint density at radius 1 is 1.42 bits per heavy atom. The topological polar surface area (TPSA) is 57.8 Å². The lowest BCUT2D eigenvalue weighted by Gasteiger charge is -2.30. The number of aromatic nitrogens is 2. The fraction of sp³-hybridized carbons (Fsp3) is 0.500. The van der Waals surface area contributed by atoms with Crippen LogP contribution in [0.4, 0.5) is 13.2 Å². The van der Waals surface area contributed by atoms with Crippen molar-refractivity contribution in [2.24, 2.45) is 5.92 Å². The van der Waals surface area contributed by atoms with E-state index in [1.807, 2.05) is 12.3 Å². The van der Waals surface area contributed by atoms with Crippen molar-refractivity contribution >= 4 is 17.2 Å². The maximum absolute atomic E-state index is 12.8. The Labute approximate surface area is 141 Å². The van der Waals surface area contributed by atoms with Gasteiger partial charge in [-0.25, -0.2) is 4.98 Å². The molecular weight excluding hydrogens is 339 g/mol. The predicted molar refractivity (Wildman–Crippen MR) is 85.9 cm³/mol. The maximum atomic E-state index is 12.8. The molecule has 0 saturated heterocycles. The Hall–Kier alpha value is -1.83. The number of rotatable bonds is 3. The van der Waals surface area contributed by atoms with Gasteiger partial charge in [0.25, 0.3) is 5.91 Å². The number of halogens is 3. The molecule has 1 aliphatic rings. The van der Waals surface area contributed by atoms with E-state index in [1.54, 1.807) is 12.3 Å². The van der Waals surface area contributed by atoms with Gasteiger partial charge in [-0.3, -0.25) is 4.79 Å². The molecule has 0 radical (unpaired) electrons. The first-order valence-electron chi connectivity index (χ1n) is 7.81. The number of aryl methyl sites for hydroxylation is 1. The largest absolute Gasteiger partial charge is 0.391 e. The van der Waals surface area contributed by atoms with E-state index < -0.39 is 18.1 Å². The molecule has 24 heavy (non-hydrogen) atoms. The molecule has 2 N–H and O–H groups in total. The lowest BCUT2D eigenvalue weighted by Crippen LogP contribution is -2.41. The van der Waals surface area contributed by atoms with Gasteiger partial charge in [0.15, 0.2) is 0 Å². The predicted octanol–water partition coefficient (Wildman–Crippen LogP) is 4.30. The zero-order chi connectivity index (χ0) is 17.3. The van der Waals surface area contributed by atoms with E-state index in [9.17, 15) is 18.0 Å². The van der Waals surface area contributed by atoms with Crippen molar-refractivity contribution in [3.05, 3.63) is 28.3 Å². The zero-order valence-corrected chi connectivity index (χ0v) is 13.9. The minimum absolute atomic E-state index is 0.0475. The molecule has 1 aliphatic carbocycles. The minimum atomic E-state index is -4.19. The molecule has 2 aromatic heterocycles. The van der Waals surface area contributed by atoms with Crippen LogP contribution in [-0.4, -0.2) is 28.1 Å². The van der Waals surface area contributed by atoms with Gasteiger partial charge in [-0.05, 0) is 32.3 Å². The summed E-state index contributed by atoms with van der Waals surface area (Å²) >= 11 is 1.52. The quantitative estimate of drug-likeness (QED) is 0.861. The third kappa shape index (κ3) is 3.80. The summed E-state index contributed by atoms with van der Waals surface area (Å²) in [6, 6.07) is 1.24. The molecule has 1 amide bonds. The number of aromatic amines is 1. The van der Waals surface area contributed by atoms with E-state index in [0.29, 0.717) is 18.5 Å². The zero-order valence-electron chi connectivity index (χ0n) is 13.1. The Bertz CT molecular complexity index is 722. The number of carbonyl (C=O) groups excluding carboxylic acids is 1. The van der Waals surface area contributed by atoms with Gasteiger partial charge in [0, 0.05) is 23.2 Å². The smallest absolute Gasteiger partial charge is 0.357 e. The molecule has 2 atom stereocenters. The molecule has 130 valence electrons. The lowest BCUT2D eigenvalue weighted by atomic mass is 9.85. The summed E-state index contributed by atoms with van der Waals surface area (Å²) in [7, 11) is 0. The van der Waals surface area contributed by atoms with Crippen LogP contribution in [0.1, 0.15) is 41.2 Å². The molecule has 0 unspecified atom stereocenters. The van der Waals surface area contributed by atoms with Crippen LogP contribution in [0, 0.1) is 12.8 Å². The van der Waals surface area contributed by atoms with Crippen LogP contribution < -0.4 is 5.32 Å². The highest BCUT2D eigenvalue weighted by atomic mass is 32.1. The second kappa shape index (κ2) is 6.58. The Morgan fingerprint density at radius 2 is 2.21 bits per heavy atom. The first kappa shape index (κ1) is 17.0. The molecule has 0 spiro atoms. The van der Waals surface area contributed by atoms with Crippen LogP contribution in [0.5, 0.6) is 0 Å². The monoisotopic (exact) mass is 357 g/mol. The van der Waals surface area contributed by atoms with E-state index in [2.05, 4.69) is 15.3 Å². The first-order valence-corrected chi connectivity index (χ1v) is 8.69. The summed E-state index contributed by atoms with van der Waals surface area (Å²) < 4.78 is 38.5. The highest BCUT2D eigenvalue weighted by Crippen LogP contribution is 2.37. The van der Waals surface area contributed by atoms with Crippen LogP contribution in [0.15, 0.2) is 17.6 Å². The molecule has 8 heteroatoms.